The largest absolute Gasteiger partial charge is 0.361 e. The van der Waals surface area contributed by atoms with Crippen molar-refractivity contribution in [3.8, 4) is 0 Å². The molecule has 1 heterocycles. The van der Waals surface area contributed by atoms with Crippen molar-refractivity contribution in [2.45, 2.75) is 6.23 Å². The predicted molar refractivity (Wildman–Crippen MR) is 24.9 cm³/mol. The monoisotopic (exact) mass is 99.1 g/mol. The number of rotatable bonds is 1. The van der Waals surface area contributed by atoms with Crippen LogP contribution in [0.4, 0.5) is 0 Å². The first kappa shape index (κ1) is 4.61. The summed E-state index contributed by atoms with van der Waals surface area (Å²) in [7, 11) is 1.62. The summed E-state index contributed by atoms with van der Waals surface area (Å²) in [4.78, 5) is 0. The first-order valence-corrected chi connectivity index (χ1v) is 2.05. The maximum Gasteiger partial charge on any atom is 0.151 e. The molecule has 0 aliphatic carbocycles. The van der Waals surface area contributed by atoms with E-state index in [1.165, 1.54) is 0 Å². The summed E-state index contributed by atoms with van der Waals surface area (Å²) in [5.74, 6) is 0. The number of nitrogens with one attached hydrogen (secondary N) is 2. The van der Waals surface area contributed by atoms with Crippen LogP contribution in [0.2, 0.25) is 0 Å². The molecule has 3 nitrogen and oxygen atoms in total. The lowest BCUT2D eigenvalue weighted by molar-refractivity contribution is 0.109. The van der Waals surface area contributed by atoms with E-state index >= 15 is 0 Å². The number of hydrazine groups is 1. The molecule has 39 valence electrons. The van der Waals surface area contributed by atoms with Crippen molar-refractivity contribution in [2.24, 2.45) is 0 Å². The van der Waals surface area contributed by atoms with Gasteiger partial charge in [0.15, 0.2) is 6.23 Å². The Balaban J connectivity index is 2.28. The Morgan fingerprint density at radius 3 is 3.00 bits per heavy atom. The Bertz CT molecular complexity index is 81.8. The molecule has 0 saturated carbocycles. The zero-order valence-electron chi connectivity index (χ0n) is 4.06. The van der Waals surface area contributed by atoms with Crippen LogP contribution in [0.3, 0.4) is 0 Å². The molecule has 0 aromatic rings. The average molecular weight is 99.1 g/mol. The van der Waals surface area contributed by atoms with Crippen LogP contribution in [0.15, 0.2) is 6.20 Å². The number of ether oxygens (including phenoxy) is 1. The van der Waals surface area contributed by atoms with Gasteiger partial charge < -0.3 is 10.2 Å². The molecule has 1 unspecified atom stereocenters. The van der Waals surface area contributed by atoms with Crippen LogP contribution in [-0.4, -0.2) is 13.3 Å². The molecule has 0 fully saturated rings. The first-order valence-electron chi connectivity index (χ1n) is 2.05. The molecular formula is C4H7N2O. The Morgan fingerprint density at radius 2 is 2.71 bits per heavy atom. The first-order chi connectivity index (χ1) is 3.43. The molecule has 0 aromatic heterocycles. The van der Waals surface area contributed by atoms with E-state index in [1.807, 2.05) is 0 Å². The third-order valence-corrected chi connectivity index (χ3v) is 0.757. The van der Waals surface area contributed by atoms with Crippen molar-refractivity contribution in [3.05, 3.63) is 12.3 Å². The van der Waals surface area contributed by atoms with Crippen LogP contribution >= 0.6 is 0 Å². The van der Waals surface area contributed by atoms with Gasteiger partial charge in [0.25, 0.3) is 0 Å². The summed E-state index contributed by atoms with van der Waals surface area (Å²) in [6, 6.07) is 0. The van der Waals surface area contributed by atoms with Crippen molar-refractivity contribution >= 4 is 0 Å². The van der Waals surface area contributed by atoms with E-state index in [-0.39, 0.29) is 6.23 Å². The molecule has 1 atom stereocenters. The number of hydrogen-bond donors (Lipinski definition) is 2. The Labute approximate surface area is 42.3 Å². The highest BCUT2D eigenvalue weighted by Gasteiger charge is 2.03. The van der Waals surface area contributed by atoms with E-state index < -0.39 is 0 Å². The Kier molecular flexibility index (Phi) is 1.29. The third-order valence-electron chi connectivity index (χ3n) is 0.757. The van der Waals surface area contributed by atoms with Gasteiger partial charge in [-0.1, -0.05) is 0 Å². The standard InChI is InChI=1S/C4H7N2O/c1-7-4-2-3-5-6-4/h3-6H,1H3. The van der Waals surface area contributed by atoms with Crippen LogP contribution in [-0.2, 0) is 4.74 Å². The fourth-order valence-corrected chi connectivity index (χ4v) is 0.403. The van der Waals surface area contributed by atoms with E-state index in [0.717, 1.165) is 0 Å². The molecule has 1 aliphatic rings. The summed E-state index contributed by atoms with van der Waals surface area (Å²) in [5, 5.41) is 0. The smallest absolute Gasteiger partial charge is 0.151 e. The minimum atomic E-state index is -0.0694. The maximum absolute atomic E-state index is 4.80. The third kappa shape index (κ3) is 0.913. The summed E-state index contributed by atoms with van der Waals surface area (Å²) < 4.78 is 4.80. The quantitative estimate of drug-likeness (QED) is 0.460. The van der Waals surface area contributed by atoms with Gasteiger partial charge in [-0.25, -0.2) is 5.43 Å². The van der Waals surface area contributed by atoms with Crippen LogP contribution in [0.1, 0.15) is 0 Å². The minimum Gasteiger partial charge on any atom is -0.361 e. The molecule has 3 heteroatoms. The van der Waals surface area contributed by atoms with E-state index in [1.54, 1.807) is 13.3 Å². The van der Waals surface area contributed by atoms with Gasteiger partial charge >= 0.3 is 0 Å². The summed E-state index contributed by atoms with van der Waals surface area (Å²) in [6.45, 7) is 0. The molecule has 0 amide bonds. The highest BCUT2D eigenvalue weighted by atomic mass is 16.5. The summed E-state index contributed by atoms with van der Waals surface area (Å²) >= 11 is 0. The number of methoxy groups -OCH3 is 1. The predicted octanol–water partition coefficient (Wildman–Crippen LogP) is -0.616. The van der Waals surface area contributed by atoms with Gasteiger partial charge in [0.05, 0.1) is 0 Å². The molecule has 0 spiro atoms. The normalized spacial score (nSPS) is 27.9. The molecule has 7 heavy (non-hydrogen) atoms. The van der Waals surface area contributed by atoms with Crippen molar-refractivity contribution in [3.63, 3.8) is 0 Å². The Hall–Kier alpha value is -0.540. The second kappa shape index (κ2) is 1.95. The molecule has 0 aromatic carbocycles. The minimum absolute atomic E-state index is 0.0694. The van der Waals surface area contributed by atoms with Crippen molar-refractivity contribution in [1.82, 2.24) is 10.9 Å². The fourth-order valence-electron chi connectivity index (χ4n) is 0.403. The second-order valence-corrected chi connectivity index (χ2v) is 1.22. The molecule has 1 aliphatic heterocycles. The molecule has 1 radical (unpaired) electrons. The van der Waals surface area contributed by atoms with E-state index in [2.05, 4.69) is 16.9 Å². The fraction of sp³-hybridized carbons (Fsp3) is 0.500. The van der Waals surface area contributed by atoms with Crippen molar-refractivity contribution in [2.75, 3.05) is 7.11 Å². The van der Waals surface area contributed by atoms with Gasteiger partial charge in [0.2, 0.25) is 0 Å². The van der Waals surface area contributed by atoms with Crippen molar-refractivity contribution < 1.29 is 4.74 Å². The summed E-state index contributed by atoms with van der Waals surface area (Å²) in [5.41, 5.74) is 5.48. The lowest BCUT2D eigenvalue weighted by Crippen LogP contribution is -2.31. The molecule has 0 saturated heterocycles. The van der Waals surface area contributed by atoms with Crippen LogP contribution in [0.5, 0.6) is 0 Å². The van der Waals surface area contributed by atoms with Crippen LogP contribution in [0, 0.1) is 6.08 Å². The van der Waals surface area contributed by atoms with E-state index in [4.69, 9.17) is 4.74 Å². The van der Waals surface area contributed by atoms with E-state index in [0.29, 0.717) is 0 Å². The van der Waals surface area contributed by atoms with Crippen molar-refractivity contribution in [1.29, 1.82) is 0 Å². The van der Waals surface area contributed by atoms with Gasteiger partial charge in [-0.05, 0) is 0 Å². The van der Waals surface area contributed by atoms with Gasteiger partial charge in [0.1, 0.15) is 0 Å². The van der Waals surface area contributed by atoms with E-state index in [9.17, 15) is 0 Å². The molecule has 2 N–H and O–H groups in total. The van der Waals surface area contributed by atoms with Gasteiger partial charge in [-0.15, -0.1) is 0 Å². The topological polar surface area (TPSA) is 33.3 Å². The summed E-state index contributed by atoms with van der Waals surface area (Å²) in [6.07, 6.45) is 4.44. The van der Waals surface area contributed by atoms with Gasteiger partial charge in [0, 0.05) is 19.4 Å². The lowest BCUT2D eigenvalue weighted by atomic mass is 10.6. The van der Waals surface area contributed by atoms with Gasteiger partial charge in [-0.2, -0.15) is 0 Å². The van der Waals surface area contributed by atoms with Gasteiger partial charge in [-0.3, -0.25) is 0 Å². The average Bonchev–Trinajstić information content (AvgIpc) is 2.14. The highest BCUT2D eigenvalue weighted by molar-refractivity contribution is 4.82. The zero-order valence-corrected chi connectivity index (χ0v) is 4.06. The Morgan fingerprint density at radius 1 is 1.86 bits per heavy atom. The lowest BCUT2D eigenvalue weighted by Gasteiger charge is -2.02. The SMILES string of the molecule is COC1[C]=CNN1. The van der Waals surface area contributed by atoms with Crippen LogP contribution < -0.4 is 10.9 Å². The molecule has 0 bridgehead atoms. The number of hydrogen-bond acceptors (Lipinski definition) is 3. The highest BCUT2D eigenvalue weighted by Crippen LogP contribution is 1.86. The second-order valence-electron chi connectivity index (χ2n) is 1.22. The zero-order chi connectivity index (χ0) is 5.11. The molecular weight excluding hydrogens is 92.1 g/mol. The molecule has 1 rings (SSSR count). The van der Waals surface area contributed by atoms with Crippen LogP contribution in [0.25, 0.3) is 0 Å². The maximum atomic E-state index is 4.80.